The van der Waals surface area contributed by atoms with Crippen LogP contribution in [0.3, 0.4) is 0 Å². The lowest BCUT2D eigenvalue weighted by Gasteiger charge is -2.41. The summed E-state index contributed by atoms with van der Waals surface area (Å²) in [6.45, 7) is 0. The van der Waals surface area contributed by atoms with Crippen LogP contribution >= 0.6 is 10.0 Å². The van der Waals surface area contributed by atoms with Crippen LogP contribution in [0.2, 0.25) is 0 Å². The van der Waals surface area contributed by atoms with E-state index < -0.39 is 10.0 Å². The lowest BCUT2D eigenvalue weighted by molar-refractivity contribution is 1.27. The third-order valence-electron chi connectivity index (χ3n) is 6.47. The molecule has 1 aromatic heterocycles. The highest BCUT2D eigenvalue weighted by Gasteiger charge is 2.32. The minimum atomic E-state index is -1.58. The maximum absolute atomic E-state index is 4.51. The number of fused-ring (bicyclic) bond motifs is 6. The molecule has 4 aromatic carbocycles. The van der Waals surface area contributed by atoms with Crippen LogP contribution < -0.4 is 5.32 Å². The largest absolute Gasteiger partial charge is 0.354 e. The van der Waals surface area contributed by atoms with Crippen molar-refractivity contribution in [2.24, 2.45) is 0 Å². The number of benzene rings is 4. The van der Waals surface area contributed by atoms with Gasteiger partial charge in [-0.15, -0.1) is 0 Å². The summed E-state index contributed by atoms with van der Waals surface area (Å²) in [5, 5.41) is 3.73. The molecule has 33 heavy (non-hydrogen) atoms. The van der Waals surface area contributed by atoms with Gasteiger partial charge in [-0.3, -0.25) is 4.98 Å². The Morgan fingerprint density at radius 1 is 0.545 bits per heavy atom. The molecule has 1 atom stereocenters. The molecule has 5 aromatic rings. The van der Waals surface area contributed by atoms with Crippen molar-refractivity contribution in [3.8, 4) is 22.3 Å². The molecule has 1 N–H and O–H groups in total. The number of nitrogens with one attached hydrogen (secondary N) is 1. The molecule has 160 valence electrons. The van der Waals surface area contributed by atoms with Gasteiger partial charge in [0.2, 0.25) is 0 Å². The Kier molecular flexibility index (Phi) is 4.78. The molecular weight excluding hydrogens is 420 g/mol. The molecule has 0 saturated carbocycles. The van der Waals surface area contributed by atoms with Gasteiger partial charge < -0.3 is 5.32 Å². The second-order valence-corrected chi connectivity index (χ2v) is 11.5. The van der Waals surface area contributed by atoms with Gasteiger partial charge in [-0.1, -0.05) is 72.8 Å². The van der Waals surface area contributed by atoms with Crippen LogP contribution in [0.4, 0.5) is 11.4 Å². The summed E-state index contributed by atoms with van der Waals surface area (Å²) in [4.78, 5) is 8.57. The van der Waals surface area contributed by atoms with Crippen molar-refractivity contribution >= 4 is 21.4 Å². The monoisotopic (exact) mass is 444 g/mol. The fraction of sp³-hybridized carbons (Fsp3) is 0.0333. The van der Waals surface area contributed by atoms with E-state index in [1.54, 1.807) is 0 Å². The third kappa shape index (κ3) is 3.16. The minimum absolute atomic E-state index is 1.07. The number of rotatable bonds is 1. The fourth-order valence-electron chi connectivity index (χ4n) is 4.85. The summed E-state index contributed by atoms with van der Waals surface area (Å²) in [6, 6.07) is 39.4. The van der Waals surface area contributed by atoms with Gasteiger partial charge in [0.25, 0.3) is 0 Å². The van der Waals surface area contributed by atoms with Crippen molar-refractivity contribution in [3.05, 3.63) is 122 Å². The Balaban J connectivity index is 1.80. The summed E-state index contributed by atoms with van der Waals surface area (Å²) in [7, 11) is -1.58. The summed E-state index contributed by atoms with van der Waals surface area (Å²) < 4.78 is 0. The number of hydrogen-bond acceptors (Lipinski definition) is 2. The number of nitrogens with zero attached hydrogens (tertiary/aromatic N) is 1. The molecule has 2 heterocycles. The Hall–Kier alpha value is -3.82. The summed E-state index contributed by atoms with van der Waals surface area (Å²) in [5.74, 6) is 0. The van der Waals surface area contributed by atoms with Crippen LogP contribution in [-0.4, -0.2) is 11.2 Å². The van der Waals surface area contributed by atoms with Gasteiger partial charge >= 0.3 is 0 Å². The third-order valence-corrected chi connectivity index (χ3v) is 10.2. The van der Waals surface area contributed by atoms with Crippen LogP contribution in [0.25, 0.3) is 22.3 Å². The lowest BCUT2D eigenvalue weighted by Crippen LogP contribution is -2.08. The normalized spacial score (nSPS) is 18.3. The number of pyridine rings is 1. The van der Waals surface area contributed by atoms with Gasteiger partial charge in [0.1, 0.15) is 0 Å². The second-order valence-electron chi connectivity index (χ2n) is 8.32. The number of hydrogen-bond donors (Lipinski definition) is 1. The smallest absolute Gasteiger partial charge is 0.0495 e. The van der Waals surface area contributed by atoms with E-state index in [0.717, 1.165) is 16.9 Å². The predicted molar refractivity (Wildman–Crippen MR) is 140 cm³/mol. The average Bonchev–Trinajstić information content (AvgIpc) is 2.89. The Bertz CT molecular complexity index is 1370. The van der Waals surface area contributed by atoms with Crippen LogP contribution in [0, 0.1) is 0 Å². The molecule has 0 aliphatic carbocycles. The molecule has 0 amide bonds. The van der Waals surface area contributed by atoms with Crippen LogP contribution in [0.15, 0.2) is 136 Å². The zero-order chi connectivity index (χ0) is 22.3. The van der Waals surface area contributed by atoms with Crippen LogP contribution in [0.1, 0.15) is 0 Å². The van der Waals surface area contributed by atoms with Crippen LogP contribution in [0.5, 0.6) is 0 Å². The zero-order valence-corrected chi connectivity index (χ0v) is 19.2. The Labute approximate surface area is 196 Å². The first-order valence-electron chi connectivity index (χ1n) is 11.1. The maximum Gasteiger partial charge on any atom is 0.0495 e. The van der Waals surface area contributed by atoms with Gasteiger partial charge in [0.15, 0.2) is 0 Å². The van der Waals surface area contributed by atoms with Crippen molar-refractivity contribution in [2.75, 3.05) is 11.6 Å². The van der Waals surface area contributed by atoms with Crippen molar-refractivity contribution < 1.29 is 0 Å². The molecule has 0 bridgehead atoms. The van der Waals surface area contributed by atoms with E-state index in [0.29, 0.717) is 0 Å². The van der Waals surface area contributed by atoms with Gasteiger partial charge in [-0.25, -0.2) is 0 Å². The molecule has 0 fully saturated rings. The average molecular weight is 445 g/mol. The molecule has 1 unspecified atom stereocenters. The van der Waals surface area contributed by atoms with Crippen molar-refractivity contribution in [1.29, 1.82) is 0 Å². The van der Waals surface area contributed by atoms with E-state index in [2.05, 4.69) is 126 Å². The number of para-hydroxylation sites is 1. The molecule has 0 saturated heterocycles. The van der Waals surface area contributed by atoms with Gasteiger partial charge in [-0.05, 0) is 58.7 Å². The first kappa shape index (κ1) is 19.8. The van der Waals surface area contributed by atoms with Gasteiger partial charge in [0.05, 0.1) is 0 Å². The molecule has 3 heteroatoms. The van der Waals surface area contributed by atoms with Gasteiger partial charge in [0, 0.05) is 44.7 Å². The molecule has 2 nitrogen and oxygen atoms in total. The zero-order valence-electron chi connectivity index (χ0n) is 18.4. The van der Waals surface area contributed by atoms with E-state index in [-0.39, 0.29) is 0 Å². The Morgan fingerprint density at radius 3 is 1.82 bits per heavy atom. The Morgan fingerprint density at radius 2 is 1.09 bits per heavy atom. The van der Waals surface area contributed by atoms with Crippen molar-refractivity contribution in [1.82, 2.24) is 4.98 Å². The molecule has 6 rings (SSSR count). The summed E-state index contributed by atoms with van der Waals surface area (Å²) in [6.07, 6.45) is 6.29. The van der Waals surface area contributed by atoms with E-state index in [9.17, 15) is 0 Å². The second kappa shape index (κ2) is 7.95. The number of anilines is 2. The first-order valence-corrected chi connectivity index (χ1v) is 13.1. The fourth-order valence-corrected chi connectivity index (χ4v) is 8.23. The first-order chi connectivity index (χ1) is 16.3. The summed E-state index contributed by atoms with van der Waals surface area (Å²) in [5.41, 5.74) is 7.01. The lowest BCUT2D eigenvalue weighted by atomic mass is 10.0. The van der Waals surface area contributed by atoms with E-state index in [1.807, 2.05) is 12.4 Å². The maximum atomic E-state index is 4.51. The predicted octanol–water partition coefficient (Wildman–Crippen LogP) is 8.38. The van der Waals surface area contributed by atoms with E-state index in [1.165, 1.54) is 31.4 Å². The number of aromatic nitrogens is 1. The molecule has 1 aliphatic rings. The highest BCUT2D eigenvalue weighted by molar-refractivity contribution is 8.33. The highest BCUT2D eigenvalue weighted by atomic mass is 32.3. The highest BCUT2D eigenvalue weighted by Crippen LogP contribution is 2.69. The van der Waals surface area contributed by atoms with E-state index in [4.69, 9.17) is 0 Å². The molecule has 0 radical (unpaired) electrons. The summed E-state index contributed by atoms with van der Waals surface area (Å²) >= 11 is 0. The standard InChI is InChI=1S/C30H24N2S/c1-33(22-11-3-2-4-12-22)29-17-9-6-14-24(29)23-13-5-8-16-27(23)32-28-19-20-31-21-26(28)25-15-7-10-18-30(25)33/h2-21,32H,1H3. The van der Waals surface area contributed by atoms with Crippen molar-refractivity contribution in [3.63, 3.8) is 0 Å². The van der Waals surface area contributed by atoms with Gasteiger partial charge in [-0.2, -0.15) is 10.0 Å². The minimum Gasteiger partial charge on any atom is -0.354 e. The quantitative estimate of drug-likeness (QED) is 0.281. The molecule has 0 spiro atoms. The van der Waals surface area contributed by atoms with E-state index >= 15 is 0 Å². The van der Waals surface area contributed by atoms with Crippen molar-refractivity contribution in [2.45, 2.75) is 14.7 Å². The SMILES string of the molecule is CS1(c2ccccc2)c2ccccc2-c2ccccc2Nc2ccncc2-c2ccccc21. The molecule has 1 aliphatic heterocycles. The molecular formula is C30H24N2S. The topological polar surface area (TPSA) is 24.9 Å². The van der Waals surface area contributed by atoms with Crippen LogP contribution in [-0.2, 0) is 0 Å².